The summed E-state index contributed by atoms with van der Waals surface area (Å²) in [5, 5.41) is 11.4. The average Bonchev–Trinajstić information content (AvgIpc) is 2.82. The second kappa shape index (κ2) is 5.53. The molecule has 0 fully saturated rings. The van der Waals surface area contributed by atoms with E-state index < -0.39 is 6.09 Å². The maximum absolute atomic E-state index is 10.8. The van der Waals surface area contributed by atoms with Gasteiger partial charge in [0, 0.05) is 10.5 Å². The van der Waals surface area contributed by atoms with Crippen LogP contribution in [-0.2, 0) is 12.8 Å². The van der Waals surface area contributed by atoms with E-state index >= 15 is 0 Å². The highest BCUT2D eigenvalue weighted by Crippen LogP contribution is 2.32. The monoisotopic (exact) mass is 345 g/mol. The number of benzene rings is 2. The fraction of sp³-hybridized carbons (Fsp3) is 0.235. The molecule has 2 aromatic carbocycles. The number of hydrogen-bond donors (Lipinski definition) is 2. The molecule has 0 heterocycles. The number of nitrogens with one attached hydrogen (secondary N) is 1. The van der Waals surface area contributed by atoms with Crippen LogP contribution in [0.25, 0.3) is 11.1 Å². The van der Waals surface area contributed by atoms with Crippen molar-refractivity contribution in [1.82, 2.24) is 5.32 Å². The minimum Gasteiger partial charge on any atom is -0.465 e. The molecule has 4 heteroatoms. The molecule has 0 aromatic heterocycles. The summed E-state index contributed by atoms with van der Waals surface area (Å²) >= 11 is 3.57. The summed E-state index contributed by atoms with van der Waals surface area (Å²) in [4.78, 5) is 10.8. The van der Waals surface area contributed by atoms with E-state index in [1.54, 1.807) is 0 Å². The van der Waals surface area contributed by atoms with Crippen LogP contribution < -0.4 is 5.32 Å². The lowest BCUT2D eigenvalue weighted by Crippen LogP contribution is -2.33. The van der Waals surface area contributed by atoms with Crippen molar-refractivity contribution in [3.63, 3.8) is 0 Å². The van der Waals surface area contributed by atoms with E-state index in [0.29, 0.717) is 0 Å². The van der Waals surface area contributed by atoms with E-state index in [1.807, 2.05) is 12.1 Å². The molecular weight excluding hydrogens is 330 g/mol. The maximum Gasteiger partial charge on any atom is 0.404 e. The molecular formula is C17H16BrNO2. The van der Waals surface area contributed by atoms with Crippen LogP contribution in [-0.4, -0.2) is 17.2 Å². The number of carboxylic acid groups (broad SMARTS) is 1. The van der Waals surface area contributed by atoms with Crippen molar-refractivity contribution < 1.29 is 9.90 Å². The van der Waals surface area contributed by atoms with Gasteiger partial charge in [-0.2, -0.15) is 0 Å². The first-order valence-corrected chi connectivity index (χ1v) is 7.70. The highest BCUT2D eigenvalue weighted by molar-refractivity contribution is 9.10. The van der Waals surface area contributed by atoms with Gasteiger partial charge in [-0.1, -0.05) is 46.3 Å². The van der Waals surface area contributed by atoms with Crippen LogP contribution in [0, 0.1) is 6.92 Å². The molecule has 1 aliphatic rings. The number of rotatable bonds is 2. The number of fused-ring (bicyclic) bond motifs is 1. The maximum atomic E-state index is 10.8. The third kappa shape index (κ3) is 2.81. The lowest BCUT2D eigenvalue weighted by atomic mass is 9.97. The van der Waals surface area contributed by atoms with Gasteiger partial charge in [-0.15, -0.1) is 0 Å². The molecule has 108 valence electrons. The van der Waals surface area contributed by atoms with Crippen molar-refractivity contribution in [1.29, 1.82) is 0 Å². The van der Waals surface area contributed by atoms with Gasteiger partial charge >= 0.3 is 6.09 Å². The Bertz CT molecular complexity index is 712. The summed E-state index contributed by atoms with van der Waals surface area (Å²) in [6.07, 6.45) is 0.595. The first kappa shape index (κ1) is 14.1. The normalized spacial score (nSPS) is 16.6. The van der Waals surface area contributed by atoms with E-state index in [9.17, 15) is 4.79 Å². The summed E-state index contributed by atoms with van der Waals surface area (Å²) in [7, 11) is 0. The van der Waals surface area contributed by atoms with Crippen LogP contribution in [0.5, 0.6) is 0 Å². The number of hydrogen-bond acceptors (Lipinski definition) is 1. The predicted octanol–water partition coefficient (Wildman–Crippen LogP) is 4.16. The van der Waals surface area contributed by atoms with Crippen molar-refractivity contribution in [3.05, 3.63) is 57.6 Å². The van der Waals surface area contributed by atoms with Crippen molar-refractivity contribution in [3.8, 4) is 11.1 Å². The Hall–Kier alpha value is -1.81. The molecule has 1 unspecified atom stereocenters. The molecule has 0 aliphatic heterocycles. The van der Waals surface area contributed by atoms with Crippen molar-refractivity contribution in [2.75, 3.05) is 0 Å². The summed E-state index contributed by atoms with van der Waals surface area (Å²) in [6, 6.07) is 12.6. The van der Waals surface area contributed by atoms with E-state index in [2.05, 4.69) is 52.4 Å². The Morgan fingerprint density at radius 2 is 2.00 bits per heavy atom. The summed E-state index contributed by atoms with van der Waals surface area (Å²) in [6.45, 7) is 2.10. The van der Waals surface area contributed by atoms with E-state index in [0.717, 1.165) is 17.3 Å². The molecule has 0 spiro atoms. The van der Waals surface area contributed by atoms with Gasteiger partial charge < -0.3 is 10.4 Å². The van der Waals surface area contributed by atoms with Crippen LogP contribution in [0.3, 0.4) is 0 Å². The van der Waals surface area contributed by atoms with Gasteiger partial charge in [0.2, 0.25) is 0 Å². The Morgan fingerprint density at radius 1 is 1.24 bits per heavy atom. The molecule has 1 aliphatic carbocycles. The number of halogens is 1. The van der Waals surface area contributed by atoms with Gasteiger partial charge in [0.05, 0.1) is 0 Å². The second-order valence-corrected chi connectivity index (χ2v) is 6.30. The molecule has 1 amide bonds. The van der Waals surface area contributed by atoms with Gasteiger partial charge in [0.1, 0.15) is 0 Å². The smallest absolute Gasteiger partial charge is 0.404 e. The highest BCUT2D eigenvalue weighted by Gasteiger charge is 2.23. The van der Waals surface area contributed by atoms with Crippen LogP contribution in [0.1, 0.15) is 16.7 Å². The van der Waals surface area contributed by atoms with Crippen molar-refractivity contribution in [2.24, 2.45) is 0 Å². The minimum atomic E-state index is -0.948. The zero-order valence-electron chi connectivity index (χ0n) is 11.7. The quantitative estimate of drug-likeness (QED) is 0.858. The zero-order valence-corrected chi connectivity index (χ0v) is 13.3. The Labute approximate surface area is 132 Å². The van der Waals surface area contributed by atoms with E-state index in [1.165, 1.54) is 27.8 Å². The first-order valence-electron chi connectivity index (χ1n) is 6.91. The molecule has 2 N–H and O–H groups in total. The molecule has 0 radical (unpaired) electrons. The third-order valence-corrected chi connectivity index (χ3v) is 4.90. The average molecular weight is 346 g/mol. The van der Waals surface area contributed by atoms with Crippen molar-refractivity contribution in [2.45, 2.75) is 25.8 Å². The predicted molar refractivity (Wildman–Crippen MR) is 86.7 cm³/mol. The third-order valence-electron chi connectivity index (χ3n) is 4.05. The standard InChI is InChI=1S/C17H16BrNO2/c1-10-15(3-2-4-16(10)18)12-6-5-11-8-14(19-17(20)21)9-13(11)7-12/h2-7,14,19H,8-9H2,1H3,(H,20,21). The fourth-order valence-corrected chi connectivity index (χ4v) is 3.35. The molecule has 21 heavy (non-hydrogen) atoms. The summed E-state index contributed by atoms with van der Waals surface area (Å²) < 4.78 is 1.10. The molecule has 0 bridgehead atoms. The topological polar surface area (TPSA) is 49.3 Å². The van der Waals surface area contributed by atoms with E-state index in [-0.39, 0.29) is 6.04 Å². The fourth-order valence-electron chi connectivity index (χ4n) is 2.98. The van der Waals surface area contributed by atoms with Crippen LogP contribution in [0.4, 0.5) is 4.79 Å². The summed E-state index contributed by atoms with van der Waals surface area (Å²) in [5.41, 5.74) is 6.09. The lowest BCUT2D eigenvalue weighted by Gasteiger charge is -2.09. The highest BCUT2D eigenvalue weighted by atomic mass is 79.9. The Morgan fingerprint density at radius 3 is 2.76 bits per heavy atom. The molecule has 2 aromatic rings. The molecule has 3 rings (SSSR count). The van der Waals surface area contributed by atoms with Gasteiger partial charge in [-0.25, -0.2) is 4.79 Å². The SMILES string of the molecule is Cc1c(Br)cccc1-c1ccc2c(c1)CC(NC(=O)O)C2. The molecule has 0 saturated heterocycles. The van der Waals surface area contributed by atoms with Crippen molar-refractivity contribution >= 4 is 22.0 Å². The molecule has 0 saturated carbocycles. The van der Waals surface area contributed by atoms with Gasteiger partial charge in [-0.3, -0.25) is 0 Å². The van der Waals surface area contributed by atoms with Crippen LogP contribution in [0.2, 0.25) is 0 Å². The van der Waals surface area contributed by atoms with E-state index in [4.69, 9.17) is 5.11 Å². The van der Waals surface area contributed by atoms with Gasteiger partial charge in [0.25, 0.3) is 0 Å². The Balaban J connectivity index is 1.92. The number of amides is 1. The first-order chi connectivity index (χ1) is 10.0. The van der Waals surface area contributed by atoms with Crippen LogP contribution >= 0.6 is 15.9 Å². The molecule has 1 atom stereocenters. The Kier molecular flexibility index (Phi) is 3.72. The van der Waals surface area contributed by atoms with Crippen LogP contribution in [0.15, 0.2) is 40.9 Å². The summed E-state index contributed by atoms with van der Waals surface area (Å²) in [5.74, 6) is 0. The molecule has 3 nitrogen and oxygen atoms in total. The largest absolute Gasteiger partial charge is 0.465 e. The number of carbonyl (C=O) groups is 1. The lowest BCUT2D eigenvalue weighted by molar-refractivity contribution is 0.190. The van der Waals surface area contributed by atoms with Gasteiger partial charge in [0.15, 0.2) is 0 Å². The van der Waals surface area contributed by atoms with Gasteiger partial charge in [-0.05, 0) is 53.6 Å². The zero-order chi connectivity index (χ0) is 15.0. The second-order valence-electron chi connectivity index (χ2n) is 5.45. The minimum absolute atomic E-state index is 0.00337.